The van der Waals surface area contributed by atoms with Gasteiger partial charge in [0.05, 0.1) is 0 Å². The SMILES string of the molecule is C=CC(=O)OCC(O)CNC(=O)CCC[Si](OCC)(OCC)OCC. The molecule has 0 bridgehead atoms. The average Bonchev–Trinajstić information content (AvgIpc) is 2.58. The molecule has 146 valence electrons. The van der Waals surface area contributed by atoms with Gasteiger partial charge < -0.3 is 28.4 Å². The zero-order chi connectivity index (χ0) is 19.1. The Morgan fingerprint density at radius 2 is 1.72 bits per heavy atom. The van der Waals surface area contributed by atoms with Gasteiger partial charge in [0.25, 0.3) is 0 Å². The summed E-state index contributed by atoms with van der Waals surface area (Å²) in [6.07, 6.45) is 0.869. The highest BCUT2D eigenvalue weighted by atomic mass is 28.4. The number of ether oxygens (including phenoxy) is 1. The highest BCUT2D eigenvalue weighted by Crippen LogP contribution is 2.19. The zero-order valence-corrected chi connectivity index (χ0v) is 16.4. The van der Waals surface area contributed by atoms with Crippen LogP contribution in [0.25, 0.3) is 0 Å². The van der Waals surface area contributed by atoms with E-state index in [1.54, 1.807) is 0 Å². The third kappa shape index (κ3) is 11.1. The van der Waals surface area contributed by atoms with Crippen LogP contribution in [-0.2, 0) is 27.6 Å². The van der Waals surface area contributed by atoms with Crippen molar-refractivity contribution in [1.82, 2.24) is 5.32 Å². The quantitative estimate of drug-likeness (QED) is 0.249. The van der Waals surface area contributed by atoms with Crippen LogP contribution >= 0.6 is 0 Å². The first-order valence-corrected chi connectivity index (χ1v) is 10.5. The molecule has 0 heterocycles. The van der Waals surface area contributed by atoms with Crippen molar-refractivity contribution in [1.29, 1.82) is 0 Å². The van der Waals surface area contributed by atoms with Crippen molar-refractivity contribution in [2.45, 2.75) is 45.8 Å². The van der Waals surface area contributed by atoms with Crippen molar-refractivity contribution in [3.8, 4) is 0 Å². The van der Waals surface area contributed by atoms with Crippen molar-refractivity contribution in [2.75, 3.05) is 33.0 Å². The molecular formula is C16H31NO7Si. The number of hydrogen-bond acceptors (Lipinski definition) is 7. The van der Waals surface area contributed by atoms with Gasteiger partial charge in [0.15, 0.2) is 0 Å². The normalized spacial score (nSPS) is 12.5. The lowest BCUT2D eigenvalue weighted by molar-refractivity contribution is -0.140. The predicted molar refractivity (Wildman–Crippen MR) is 94.8 cm³/mol. The first-order chi connectivity index (χ1) is 11.9. The van der Waals surface area contributed by atoms with Crippen LogP contribution in [0.2, 0.25) is 6.04 Å². The van der Waals surface area contributed by atoms with Crippen LogP contribution in [0.5, 0.6) is 0 Å². The second kappa shape index (κ2) is 14.0. The van der Waals surface area contributed by atoms with Gasteiger partial charge in [0.2, 0.25) is 5.91 Å². The van der Waals surface area contributed by atoms with Crippen LogP contribution in [0.4, 0.5) is 0 Å². The third-order valence-electron chi connectivity index (χ3n) is 3.10. The molecule has 8 nitrogen and oxygen atoms in total. The van der Waals surface area contributed by atoms with Crippen molar-refractivity contribution >= 4 is 20.7 Å². The monoisotopic (exact) mass is 377 g/mol. The van der Waals surface area contributed by atoms with E-state index in [2.05, 4.69) is 16.6 Å². The summed E-state index contributed by atoms with van der Waals surface area (Å²) in [5.74, 6) is -0.823. The summed E-state index contributed by atoms with van der Waals surface area (Å²) in [7, 11) is -2.73. The topological polar surface area (TPSA) is 103 Å². The van der Waals surface area contributed by atoms with Crippen LogP contribution in [0.15, 0.2) is 12.7 Å². The summed E-state index contributed by atoms with van der Waals surface area (Å²) in [5, 5.41) is 12.2. The van der Waals surface area contributed by atoms with E-state index in [0.29, 0.717) is 32.3 Å². The van der Waals surface area contributed by atoms with E-state index in [1.165, 1.54) is 0 Å². The number of aliphatic hydroxyl groups is 1. The van der Waals surface area contributed by atoms with Gasteiger partial charge in [-0.2, -0.15) is 0 Å². The molecule has 0 aliphatic carbocycles. The minimum absolute atomic E-state index is 0.00814. The van der Waals surface area contributed by atoms with Gasteiger partial charge in [-0.1, -0.05) is 6.58 Å². The second-order valence-corrected chi connectivity index (χ2v) is 7.86. The Morgan fingerprint density at radius 1 is 1.16 bits per heavy atom. The Kier molecular flexibility index (Phi) is 13.3. The van der Waals surface area contributed by atoms with Gasteiger partial charge in [0, 0.05) is 44.9 Å². The van der Waals surface area contributed by atoms with E-state index >= 15 is 0 Å². The lowest BCUT2D eigenvalue weighted by atomic mass is 10.3. The molecule has 1 amide bonds. The summed E-state index contributed by atoms with van der Waals surface area (Å²) >= 11 is 0. The molecule has 0 aliphatic rings. The lowest BCUT2D eigenvalue weighted by Gasteiger charge is -2.28. The van der Waals surface area contributed by atoms with Gasteiger partial charge in [-0.05, 0) is 27.2 Å². The average molecular weight is 378 g/mol. The van der Waals surface area contributed by atoms with E-state index in [9.17, 15) is 14.7 Å². The summed E-state index contributed by atoms with van der Waals surface area (Å²) in [6.45, 7) is 10.2. The van der Waals surface area contributed by atoms with Crippen molar-refractivity contribution in [3.05, 3.63) is 12.7 Å². The molecule has 0 spiro atoms. The third-order valence-corrected chi connectivity index (χ3v) is 6.25. The number of carbonyl (C=O) groups excluding carboxylic acids is 2. The Bertz CT molecular complexity index is 389. The van der Waals surface area contributed by atoms with E-state index in [4.69, 9.17) is 13.3 Å². The minimum atomic E-state index is -2.73. The number of nitrogens with one attached hydrogen (secondary N) is 1. The Morgan fingerprint density at radius 3 is 2.20 bits per heavy atom. The molecule has 0 aromatic heterocycles. The highest BCUT2D eigenvalue weighted by molar-refractivity contribution is 6.60. The molecule has 0 radical (unpaired) electrons. The van der Waals surface area contributed by atoms with E-state index in [1.807, 2.05) is 20.8 Å². The van der Waals surface area contributed by atoms with Gasteiger partial charge >= 0.3 is 14.8 Å². The maximum Gasteiger partial charge on any atom is 0.500 e. The molecule has 0 saturated heterocycles. The Hall–Kier alpha value is -1.26. The fourth-order valence-corrected chi connectivity index (χ4v) is 4.70. The zero-order valence-electron chi connectivity index (χ0n) is 15.4. The summed E-state index contributed by atoms with van der Waals surface area (Å²) in [6, 6.07) is 0.551. The predicted octanol–water partition coefficient (Wildman–Crippen LogP) is 1.02. The molecule has 1 atom stereocenters. The van der Waals surface area contributed by atoms with E-state index in [0.717, 1.165) is 6.08 Å². The van der Waals surface area contributed by atoms with E-state index in [-0.39, 0.29) is 25.5 Å². The molecule has 0 fully saturated rings. The molecular weight excluding hydrogens is 346 g/mol. The summed E-state index contributed by atoms with van der Waals surface area (Å²) in [4.78, 5) is 22.7. The van der Waals surface area contributed by atoms with Crippen LogP contribution in [-0.4, -0.2) is 64.9 Å². The van der Waals surface area contributed by atoms with Gasteiger partial charge in [-0.25, -0.2) is 4.79 Å². The smallest absolute Gasteiger partial charge is 0.460 e. The molecule has 0 rings (SSSR count). The standard InChI is InChI=1S/C16H31NO7Si/c1-5-16(20)21-13-14(18)12-17-15(19)10-9-11-25(22-6-2,23-7-3)24-8-4/h5,14,18H,1,6-13H2,2-4H3,(H,17,19). The number of amides is 1. The molecule has 25 heavy (non-hydrogen) atoms. The minimum Gasteiger partial charge on any atom is -0.460 e. The van der Waals surface area contributed by atoms with Crippen LogP contribution < -0.4 is 5.32 Å². The van der Waals surface area contributed by atoms with Crippen molar-refractivity contribution in [2.24, 2.45) is 0 Å². The molecule has 2 N–H and O–H groups in total. The first-order valence-electron chi connectivity index (χ1n) is 8.58. The van der Waals surface area contributed by atoms with Crippen molar-refractivity contribution in [3.63, 3.8) is 0 Å². The van der Waals surface area contributed by atoms with Gasteiger partial charge in [-0.3, -0.25) is 4.79 Å². The van der Waals surface area contributed by atoms with Crippen molar-refractivity contribution < 1.29 is 32.7 Å². The summed E-state index contributed by atoms with van der Waals surface area (Å²) < 4.78 is 21.9. The number of aliphatic hydroxyl groups excluding tert-OH is 1. The fraction of sp³-hybridized carbons (Fsp3) is 0.750. The second-order valence-electron chi connectivity index (χ2n) is 5.13. The summed E-state index contributed by atoms with van der Waals surface area (Å²) in [5.41, 5.74) is 0. The Balaban J connectivity index is 4.17. The van der Waals surface area contributed by atoms with Crippen LogP contribution in [0.3, 0.4) is 0 Å². The maximum atomic E-state index is 11.8. The van der Waals surface area contributed by atoms with Gasteiger partial charge in [0.1, 0.15) is 12.7 Å². The Labute approximate surface area is 150 Å². The molecule has 0 aromatic rings. The van der Waals surface area contributed by atoms with Gasteiger partial charge in [-0.15, -0.1) is 0 Å². The molecule has 1 unspecified atom stereocenters. The molecule has 0 saturated carbocycles. The number of hydrogen-bond donors (Lipinski definition) is 2. The molecule has 0 aromatic carbocycles. The fourth-order valence-electron chi connectivity index (χ4n) is 2.08. The molecule has 0 aliphatic heterocycles. The number of rotatable bonds is 15. The lowest BCUT2D eigenvalue weighted by Crippen LogP contribution is -2.46. The van der Waals surface area contributed by atoms with E-state index < -0.39 is 20.9 Å². The maximum absolute atomic E-state index is 11.8. The number of carbonyl (C=O) groups is 2. The molecule has 9 heteroatoms. The first kappa shape index (κ1) is 23.7. The number of esters is 1. The highest BCUT2D eigenvalue weighted by Gasteiger charge is 2.39. The van der Waals surface area contributed by atoms with Crippen LogP contribution in [0.1, 0.15) is 33.6 Å². The largest absolute Gasteiger partial charge is 0.500 e. The van der Waals surface area contributed by atoms with Crippen LogP contribution in [0, 0.1) is 0 Å².